The van der Waals surface area contributed by atoms with Crippen molar-refractivity contribution >= 4 is 69.3 Å². The fraction of sp³-hybridized carbons (Fsp3) is 0.365. The molecule has 0 unspecified atom stereocenters. The average Bonchev–Trinajstić information content (AvgIpc) is 4.28. The second kappa shape index (κ2) is 44.3. The Labute approximate surface area is 476 Å². The van der Waals surface area contributed by atoms with Crippen LogP contribution in [0.15, 0.2) is 171 Å². The van der Waals surface area contributed by atoms with E-state index >= 15 is 0 Å². The van der Waals surface area contributed by atoms with E-state index in [4.69, 9.17) is 22.1 Å². The number of halogens is 1. The quantitative estimate of drug-likeness (QED) is 0.0818. The molecular weight excluding hydrogens is 1050 g/mol. The first-order valence-corrected chi connectivity index (χ1v) is 31.8. The lowest BCUT2D eigenvalue weighted by molar-refractivity contribution is 0.581. The summed E-state index contributed by atoms with van der Waals surface area (Å²) in [6.07, 6.45) is 20.1. The molecule has 0 aliphatic rings. The molecule has 0 amide bonds. The van der Waals surface area contributed by atoms with Crippen LogP contribution in [0.1, 0.15) is 148 Å². The van der Waals surface area contributed by atoms with Gasteiger partial charge in [-0.3, -0.25) is 0 Å². The van der Waals surface area contributed by atoms with Crippen LogP contribution in [0.2, 0.25) is 0 Å². The molecule has 10 rings (SSSR count). The summed E-state index contributed by atoms with van der Waals surface area (Å²) in [6.45, 7) is 26.6. The van der Waals surface area contributed by atoms with E-state index in [1.807, 2.05) is 147 Å². The molecule has 5 nitrogen and oxygen atoms in total. The predicted molar refractivity (Wildman–Crippen MR) is 335 cm³/mol. The van der Waals surface area contributed by atoms with Gasteiger partial charge in [-0.05, 0) is 124 Å². The largest absolute Gasteiger partial charge is 0.464 e. The van der Waals surface area contributed by atoms with E-state index in [1.165, 1.54) is 100 Å². The average molecular weight is 1130 g/mol. The highest BCUT2D eigenvalue weighted by Gasteiger charge is 2.07. The van der Waals surface area contributed by atoms with Crippen LogP contribution >= 0.6 is 69.3 Å². The van der Waals surface area contributed by atoms with Crippen molar-refractivity contribution in [3.63, 3.8) is 0 Å². The summed E-state index contributed by atoms with van der Waals surface area (Å²) < 4.78 is 38.8. The molecule has 0 aromatic carbocycles. The molecule has 0 aliphatic heterocycles. The second-order valence-corrected chi connectivity index (χ2v) is 20.1. The van der Waals surface area contributed by atoms with Crippen LogP contribution in [-0.4, -0.2) is 0 Å². The number of hydrogen-bond donors (Lipinski definition) is 1. The van der Waals surface area contributed by atoms with Gasteiger partial charge in [-0.1, -0.05) is 115 Å². The first-order valence-electron chi connectivity index (χ1n) is 26.7. The van der Waals surface area contributed by atoms with Gasteiger partial charge in [0, 0.05) is 80.0 Å². The van der Waals surface area contributed by atoms with Crippen molar-refractivity contribution in [2.75, 3.05) is 0 Å². The van der Waals surface area contributed by atoms with Crippen molar-refractivity contribution in [3.8, 4) is 56.6 Å². The van der Waals surface area contributed by atoms with Gasteiger partial charge in [-0.2, -0.15) is 17.0 Å². The molecule has 0 bridgehead atoms. The second-order valence-electron chi connectivity index (χ2n) is 14.8. The zero-order valence-electron chi connectivity index (χ0n) is 46.9. The SMILES string of the molecule is CC.CC.CC.CC.CC.CCCCCCc1cc(-c2ccco2)cs1.CCCCCc1cc(-c2ccco2)cs1.Cc1cc(-c2ccco2)cs1.Fc1cc(-c2ccco2)cs1.SCc1cc(-c2ccco2)cs1. The van der Waals surface area contributed by atoms with E-state index in [0.717, 1.165) is 51.3 Å². The summed E-state index contributed by atoms with van der Waals surface area (Å²) >= 11 is 12.4. The lowest BCUT2D eigenvalue weighted by Gasteiger charge is -1.96. The maximum Gasteiger partial charge on any atom is 0.177 e. The van der Waals surface area contributed by atoms with Crippen LogP contribution in [-0.2, 0) is 18.6 Å². The first kappa shape index (κ1) is 68.2. The third kappa shape index (κ3) is 26.7. The van der Waals surface area contributed by atoms with E-state index < -0.39 is 0 Å². The van der Waals surface area contributed by atoms with Crippen molar-refractivity contribution in [1.29, 1.82) is 0 Å². The first-order chi connectivity index (χ1) is 36.9. The minimum Gasteiger partial charge on any atom is -0.464 e. The number of aryl methyl sites for hydroxylation is 3. The Bertz CT molecular complexity index is 2600. The number of hydrogen-bond acceptors (Lipinski definition) is 11. The van der Waals surface area contributed by atoms with Crippen molar-refractivity contribution in [2.24, 2.45) is 0 Å². The van der Waals surface area contributed by atoms with Crippen LogP contribution in [0.4, 0.5) is 4.39 Å². The van der Waals surface area contributed by atoms with Gasteiger partial charge in [0.2, 0.25) is 0 Å². The Morgan fingerprint density at radius 2 is 0.693 bits per heavy atom. The van der Waals surface area contributed by atoms with Gasteiger partial charge in [0.1, 0.15) is 28.8 Å². The van der Waals surface area contributed by atoms with Crippen molar-refractivity contribution in [3.05, 3.63) is 174 Å². The zero-order valence-corrected chi connectivity index (χ0v) is 51.9. The maximum atomic E-state index is 12.5. The number of thiol groups is 1. The van der Waals surface area contributed by atoms with Crippen LogP contribution in [0.25, 0.3) is 56.6 Å². The highest BCUT2D eigenvalue weighted by atomic mass is 32.1. The number of furan rings is 5. The van der Waals surface area contributed by atoms with E-state index in [2.05, 4.69) is 79.2 Å². The lowest BCUT2D eigenvalue weighted by Crippen LogP contribution is -1.80. The number of unbranched alkanes of at least 4 members (excludes halogenated alkanes) is 5. The monoisotopic (exact) mass is 1130 g/mol. The smallest absolute Gasteiger partial charge is 0.177 e. The molecule has 0 fully saturated rings. The van der Waals surface area contributed by atoms with Gasteiger partial charge in [0.15, 0.2) is 5.13 Å². The fourth-order valence-corrected chi connectivity index (χ4v) is 10.6. The van der Waals surface area contributed by atoms with E-state index in [0.29, 0.717) is 5.76 Å². The van der Waals surface area contributed by atoms with E-state index in [-0.39, 0.29) is 5.13 Å². The fourth-order valence-electron chi connectivity index (χ4n) is 6.38. The summed E-state index contributed by atoms with van der Waals surface area (Å²) in [5.74, 6) is 5.36. The molecule has 75 heavy (non-hydrogen) atoms. The van der Waals surface area contributed by atoms with Crippen LogP contribution in [0.5, 0.6) is 0 Å². The third-order valence-electron chi connectivity index (χ3n) is 9.75. The summed E-state index contributed by atoms with van der Waals surface area (Å²) in [5.41, 5.74) is 5.57. The van der Waals surface area contributed by atoms with Gasteiger partial charge >= 0.3 is 0 Å². The van der Waals surface area contributed by atoms with E-state index in [9.17, 15) is 4.39 Å². The molecule has 0 aliphatic carbocycles. The predicted octanol–water partition coefficient (Wildman–Crippen LogP) is 24.9. The Morgan fingerprint density at radius 3 is 0.987 bits per heavy atom. The molecule has 0 spiro atoms. The van der Waals surface area contributed by atoms with Gasteiger partial charge < -0.3 is 22.1 Å². The topological polar surface area (TPSA) is 65.7 Å². The van der Waals surface area contributed by atoms with Crippen molar-refractivity contribution in [1.82, 2.24) is 0 Å². The number of rotatable bonds is 15. The molecule has 10 heterocycles. The molecule has 10 aromatic rings. The van der Waals surface area contributed by atoms with Gasteiger partial charge in [-0.15, -0.1) is 56.7 Å². The molecule has 0 saturated heterocycles. The summed E-state index contributed by atoms with van der Waals surface area (Å²) in [4.78, 5) is 5.53. The van der Waals surface area contributed by atoms with Gasteiger partial charge in [-0.25, -0.2) is 0 Å². The Hall–Kier alpha value is -4.82. The van der Waals surface area contributed by atoms with Crippen LogP contribution in [0, 0.1) is 12.1 Å². The highest BCUT2D eigenvalue weighted by molar-refractivity contribution is 7.79. The van der Waals surface area contributed by atoms with Crippen LogP contribution < -0.4 is 0 Å². The van der Waals surface area contributed by atoms with Crippen LogP contribution in [0.3, 0.4) is 0 Å². The molecule has 10 aromatic heterocycles. The molecular formula is C63H85FO5S6. The standard InChI is InChI=1S/C14H18OS.C13H16OS.C9H8OS2.C9H8OS.C8H5FOS.5C2H6/c1-2-3-4-5-7-13-10-12(11-16-13)14-8-6-9-15-14;1-2-3-4-6-12-9-11(10-15-12)13-7-5-8-14-13;11-5-8-4-7(6-12-8)9-2-1-3-10-9;1-7-5-8(6-11-7)9-3-2-4-10-9;9-8-4-6(5-11-8)7-2-1-3-10-7;5*1-2/h6,8-11H,2-5,7H2,1H3;5,7-10H,2-4,6H2,1H3;1-4,6,11H,5H2;2-6H,1H3;1-5H;5*1-2H3. The number of thiophene rings is 5. The van der Waals surface area contributed by atoms with Crippen molar-refractivity contribution in [2.45, 2.75) is 154 Å². The molecule has 0 atom stereocenters. The summed E-state index contributed by atoms with van der Waals surface area (Å²) in [6, 6.07) is 29.4. The summed E-state index contributed by atoms with van der Waals surface area (Å²) in [7, 11) is 0. The van der Waals surface area contributed by atoms with Crippen molar-refractivity contribution < 1.29 is 26.5 Å². The van der Waals surface area contributed by atoms with Gasteiger partial charge in [0.05, 0.1) is 31.3 Å². The van der Waals surface area contributed by atoms with Gasteiger partial charge in [0.25, 0.3) is 0 Å². The minimum absolute atomic E-state index is 0.184. The Balaban J connectivity index is 0.000000452. The molecule has 0 N–H and O–H groups in total. The van der Waals surface area contributed by atoms with E-state index in [1.54, 1.807) is 65.4 Å². The zero-order chi connectivity index (χ0) is 55.5. The minimum atomic E-state index is -0.184. The molecule has 0 radical (unpaired) electrons. The lowest BCUT2D eigenvalue weighted by atomic mass is 10.1. The molecule has 0 saturated carbocycles. The third-order valence-corrected chi connectivity index (χ3v) is 14.8. The molecule has 410 valence electrons. The maximum absolute atomic E-state index is 12.5. The Kier molecular flexibility index (Phi) is 40.3. The normalized spacial score (nSPS) is 9.53. The Morgan fingerprint density at radius 1 is 0.387 bits per heavy atom. The summed E-state index contributed by atoms with van der Waals surface area (Å²) in [5, 5.41) is 10.1. The highest BCUT2D eigenvalue weighted by Crippen LogP contribution is 2.30. The molecule has 12 heteroatoms.